The summed E-state index contributed by atoms with van der Waals surface area (Å²) in [6.07, 6.45) is -22.2. The third-order valence-corrected chi connectivity index (χ3v) is 9.36. The molecule has 0 aromatic heterocycles. The summed E-state index contributed by atoms with van der Waals surface area (Å²) in [5.74, 6) is -2.61. The number of carbonyl (C=O) groups is 1. The van der Waals surface area contributed by atoms with Crippen molar-refractivity contribution in [3.63, 3.8) is 0 Å². The van der Waals surface area contributed by atoms with Crippen LogP contribution in [0.5, 0.6) is 23.0 Å². The van der Waals surface area contributed by atoms with Gasteiger partial charge in [-0.3, -0.25) is 0 Å². The molecule has 0 saturated carbocycles. The van der Waals surface area contributed by atoms with E-state index in [4.69, 9.17) is 33.2 Å². The van der Waals surface area contributed by atoms with Gasteiger partial charge in [0.2, 0.25) is 0 Å². The number of carbonyl (C=O) groups excluding carboxylic acids is 1. The molecule has 20 nitrogen and oxygen atoms in total. The van der Waals surface area contributed by atoms with Crippen LogP contribution in [0.4, 0.5) is 0 Å². The number of aromatic hydroxyl groups is 4. The summed E-state index contributed by atoms with van der Waals surface area (Å²) < 4.78 is 39.3. The standard InChI is InChI=1S/C35H46O20/c1-14-24(42)26(44)28(46)35(51-14)55-32-25(43)21(12-36)52-34(30(32)48)50-13-22-31(54-23(41)7-4-15-2-5-17(37)19(39)10-15)27(45)29(47)33(53-22)49-9-8-16-3-6-18(38)20(40)11-16/h2-7,10-11,14,21-22,24-40,42-48H,8-9,12-13H2,1H3. The number of aliphatic hydroxyl groups excluding tert-OH is 8. The minimum Gasteiger partial charge on any atom is -0.504 e. The Kier molecular flexibility index (Phi) is 14.3. The van der Waals surface area contributed by atoms with Crippen LogP contribution in [-0.2, 0) is 44.4 Å². The molecule has 0 amide bonds. The predicted octanol–water partition coefficient (Wildman–Crippen LogP) is -3.19. The molecule has 15 unspecified atom stereocenters. The molecule has 0 spiro atoms. The second-order valence-electron chi connectivity index (χ2n) is 13.3. The zero-order valence-electron chi connectivity index (χ0n) is 29.2. The van der Waals surface area contributed by atoms with Crippen molar-refractivity contribution in [2.45, 2.75) is 105 Å². The third kappa shape index (κ3) is 10.0. The third-order valence-electron chi connectivity index (χ3n) is 9.36. The molecule has 3 aliphatic heterocycles. The Morgan fingerprint density at radius 2 is 1.31 bits per heavy atom. The van der Waals surface area contributed by atoms with Gasteiger partial charge < -0.3 is 94.4 Å². The minimum atomic E-state index is -1.88. The minimum absolute atomic E-state index is 0.141. The highest BCUT2D eigenvalue weighted by atomic mass is 16.7. The van der Waals surface area contributed by atoms with Gasteiger partial charge in [-0.1, -0.05) is 12.1 Å². The average molecular weight is 787 g/mol. The number of aliphatic hydroxyl groups is 8. The Labute approximate surface area is 313 Å². The first-order chi connectivity index (χ1) is 26.1. The van der Waals surface area contributed by atoms with Crippen molar-refractivity contribution in [3.05, 3.63) is 53.6 Å². The molecule has 0 bridgehead atoms. The van der Waals surface area contributed by atoms with Crippen molar-refractivity contribution in [1.29, 1.82) is 0 Å². The van der Waals surface area contributed by atoms with Crippen molar-refractivity contribution in [1.82, 2.24) is 0 Å². The molecule has 55 heavy (non-hydrogen) atoms. The topological polar surface area (TPSA) is 324 Å². The van der Waals surface area contributed by atoms with Crippen LogP contribution in [-0.4, -0.2) is 179 Å². The lowest BCUT2D eigenvalue weighted by Gasteiger charge is -2.46. The van der Waals surface area contributed by atoms with Gasteiger partial charge >= 0.3 is 5.97 Å². The Balaban J connectivity index is 1.31. The van der Waals surface area contributed by atoms with Crippen molar-refractivity contribution in [2.75, 3.05) is 19.8 Å². The SMILES string of the molecule is CC1OC(OC2C(O)C(CO)OC(OCC3OC(OCCc4ccc(O)c(O)c4)C(O)C(O)C3OC(=O)C=Cc3ccc(O)c(O)c3)C2O)C(O)C(O)C1O. The van der Waals surface area contributed by atoms with Gasteiger partial charge in [-0.2, -0.15) is 0 Å². The molecule has 0 aliphatic carbocycles. The highest BCUT2D eigenvalue weighted by molar-refractivity contribution is 5.87. The van der Waals surface area contributed by atoms with E-state index < -0.39 is 123 Å². The maximum absolute atomic E-state index is 12.9. The van der Waals surface area contributed by atoms with Gasteiger partial charge in [0, 0.05) is 6.08 Å². The van der Waals surface area contributed by atoms with Crippen molar-refractivity contribution >= 4 is 12.0 Å². The summed E-state index contributed by atoms with van der Waals surface area (Å²) in [6, 6.07) is 7.80. The first-order valence-electron chi connectivity index (χ1n) is 17.2. The summed E-state index contributed by atoms with van der Waals surface area (Å²) in [6.45, 7) is -0.240. The summed E-state index contributed by atoms with van der Waals surface area (Å²) >= 11 is 0. The van der Waals surface area contributed by atoms with Crippen LogP contribution in [0.25, 0.3) is 6.08 Å². The van der Waals surface area contributed by atoms with Crippen LogP contribution in [0.1, 0.15) is 18.1 Å². The maximum Gasteiger partial charge on any atom is 0.331 e. The number of esters is 1. The fraction of sp³-hybridized carbons (Fsp3) is 0.571. The maximum atomic E-state index is 12.9. The molecule has 20 heteroatoms. The zero-order chi connectivity index (χ0) is 40.1. The van der Waals surface area contributed by atoms with E-state index in [1.807, 2.05) is 0 Å². The van der Waals surface area contributed by atoms with Crippen LogP contribution in [0.2, 0.25) is 0 Å². The molecule has 3 fully saturated rings. The molecular formula is C35H46O20. The van der Waals surface area contributed by atoms with Crippen LogP contribution in [0.3, 0.4) is 0 Å². The lowest BCUT2D eigenvalue weighted by atomic mass is 9.97. The van der Waals surface area contributed by atoms with E-state index in [9.17, 15) is 66.1 Å². The van der Waals surface area contributed by atoms with Gasteiger partial charge in [-0.25, -0.2) is 4.79 Å². The van der Waals surface area contributed by atoms with Gasteiger partial charge in [0.15, 0.2) is 48.0 Å². The highest BCUT2D eigenvalue weighted by Crippen LogP contribution is 2.32. The molecule has 3 aliphatic rings. The number of hydrogen-bond donors (Lipinski definition) is 12. The Morgan fingerprint density at radius 3 is 1.98 bits per heavy atom. The summed E-state index contributed by atoms with van der Waals surface area (Å²) in [4.78, 5) is 12.9. The molecule has 5 rings (SSSR count). The number of phenols is 4. The Bertz CT molecular complexity index is 1610. The summed E-state index contributed by atoms with van der Waals surface area (Å²) in [7, 11) is 0. The number of hydrogen-bond acceptors (Lipinski definition) is 20. The largest absolute Gasteiger partial charge is 0.504 e. The molecule has 3 heterocycles. The van der Waals surface area contributed by atoms with Crippen LogP contribution in [0, 0.1) is 0 Å². The predicted molar refractivity (Wildman–Crippen MR) is 180 cm³/mol. The fourth-order valence-electron chi connectivity index (χ4n) is 6.14. The van der Waals surface area contributed by atoms with Crippen molar-refractivity contribution < 1.29 is 99.2 Å². The van der Waals surface area contributed by atoms with Gasteiger partial charge in [0.1, 0.15) is 61.0 Å². The molecule has 15 atom stereocenters. The summed E-state index contributed by atoms with van der Waals surface area (Å²) in [5.41, 5.74) is 0.823. The number of phenolic OH excluding ortho intramolecular Hbond substituents is 4. The Morgan fingerprint density at radius 1 is 0.673 bits per heavy atom. The van der Waals surface area contributed by atoms with Crippen LogP contribution >= 0.6 is 0 Å². The van der Waals surface area contributed by atoms with E-state index in [-0.39, 0.29) is 30.1 Å². The second kappa shape index (κ2) is 18.5. The van der Waals surface area contributed by atoms with Gasteiger partial charge in [-0.05, 0) is 54.8 Å². The molecule has 2 aromatic carbocycles. The van der Waals surface area contributed by atoms with Crippen molar-refractivity contribution in [2.24, 2.45) is 0 Å². The smallest absolute Gasteiger partial charge is 0.331 e. The molecule has 3 saturated heterocycles. The van der Waals surface area contributed by atoms with Gasteiger partial charge in [0.25, 0.3) is 0 Å². The number of benzene rings is 2. The number of ether oxygens (including phenoxy) is 7. The van der Waals surface area contributed by atoms with E-state index in [2.05, 4.69) is 0 Å². The first kappa shape index (κ1) is 42.4. The van der Waals surface area contributed by atoms with E-state index in [1.54, 1.807) is 0 Å². The monoisotopic (exact) mass is 786 g/mol. The molecular weight excluding hydrogens is 740 g/mol. The highest BCUT2D eigenvalue weighted by Gasteiger charge is 2.52. The van der Waals surface area contributed by atoms with Crippen LogP contribution < -0.4 is 0 Å². The molecule has 0 radical (unpaired) electrons. The quantitative estimate of drug-likeness (QED) is 0.0541. The Hall–Kier alpha value is -3.71. The van der Waals surface area contributed by atoms with Crippen LogP contribution in [0.15, 0.2) is 42.5 Å². The zero-order valence-corrected chi connectivity index (χ0v) is 29.2. The molecule has 306 valence electrons. The van der Waals surface area contributed by atoms with E-state index in [0.29, 0.717) is 5.56 Å². The lowest BCUT2D eigenvalue weighted by Crippen LogP contribution is -2.65. The fourth-order valence-corrected chi connectivity index (χ4v) is 6.14. The van der Waals surface area contributed by atoms with Gasteiger partial charge in [-0.15, -0.1) is 0 Å². The number of rotatable bonds is 13. The molecule has 2 aromatic rings. The first-order valence-corrected chi connectivity index (χ1v) is 17.2. The lowest BCUT2D eigenvalue weighted by molar-refractivity contribution is -0.363. The second-order valence-corrected chi connectivity index (χ2v) is 13.3. The van der Waals surface area contributed by atoms with E-state index in [0.717, 1.165) is 12.1 Å². The summed E-state index contributed by atoms with van der Waals surface area (Å²) in [5, 5.41) is 123. The van der Waals surface area contributed by atoms with E-state index in [1.165, 1.54) is 43.3 Å². The average Bonchev–Trinajstić information content (AvgIpc) is 3.16. The normalized spacial score (nSPS) is 36.9. The van der Waals surface area contributed by atoms with Crippen molar-refractivity contribution in [3.8, 4) is 23.0 Å². The molecule has 12 N–H and O–H groups in total. The van der Waals surface area contributed by atoms with E-state index >= 15 is 0 Å². The van der Waals surface area contributed by atoms with Gasteiger partial charge in [0.05, 0.1) is 25.9 Å².